The van der Waals surface area contributed by atoms with E-state index in [0.29, 0.717) is 12.0 Å². The van der Waals surface area contributed by atoms with Gasteiger partial charge in [0, 0.05) is 18.5 Å². The monoisotopic (exact) mass is 295 g/mol. The summed E-state index contributed by atoms with van der Waals surface area (Å²) in [5.41, 5.74) is 3.86. The Hall–Kier alpha value is -2.35. The maximum atomic E-state index is 11.4. The van der Waals surface area contributed by atoms with Gasteiger partial charge in [-0.2, -0.15) is 0 Å². The molecular weight excluding hydrogens is 274 g/mol. The lowest BCUT2D eigenvalue weighted by atomic mass is 9.98. The van der Waals surface area contributed by atoms with Crippen molar-refractivity contribution in [2.75, 3.05) is 21.2 Å². The van der Waals surface area contributed by atoms with Gasteiger partial charge in [-0.25, -0.2) is 4.79 Å². The van der Waals surface area contributed by atoms with Gasteiger partial charge in [0.2, 0.25) is 0 Å². The van der Waals surface area contributed by atoms with E-state index in [4.69, 9.17) is 4.74 Å². The first kappa shape index (κ1) is 16.0. The highest BCUT2D eigenvalue weighted by Crippen LogP contribution is 2.20. The first-order chi connectivity index (χ1) is 10.6. The number of rotatable bonds is 6. The van der Waals surface area contributed by atoms with Crippen LogP contribution in [0.3, 0.4) is 0 Å². The Morgan fingerprint density at radius 1 is 1.09 bits per heavy atom. The first-order valence-electron chi connectivity index (χ1n) is 7.23. The Bertz CT molecular complexity index is 668. The van der Waals surface area contributed by atoms with Crippen molar-refractivity contribution < 1.29 is 9.53 Å². The molecule has 0 aromatic heterocycles. The molecule has 2 aromatic rings. The molecule has 0 saturated heterocycles. The van der Waals surface area contributed by atoms with E-state index in [2.05, 4.69) is 23.0 Å². The molecule has 0 aliphatic heterocycles. The highest BCUT2D eigenvalue weighted by atomic mass is 16.5. The summed E-state index contributed by atoms with van der Waals surface area (Å²) in [5, 5.41) is 0. The normalized spacial score (nSPS) is 10.4. The number of methoxy groups -OCH3 is 1. The second-order valence-electron chi connectivity index (χ2n) is 5.54. The molecule has 0 atom stereocenters. The third-order valence-electron chi connectivity index (χ3n) is 3.44. The van der Waals surface area contributed by atoms with Gasteiger partial charge in [-0.1, -0.05) is 30.3 Å². The molecule has 0 bridgehead atoms. The quantitative estimate of drug-likeness (QED) is 0.766. The first-order valence-corrected chi connectivity index (χ1v) is 7.23. The number of nitrogens with zero attached hydrogens (tertiary/aromatic N) is 1. The largest absolute Gasteiger partial charge is 0.497 e. The van der Waals surface area contributed by atoms with E-state index in [0.717, 1.165) is 23.4 Å². The van der Waals surface area contributed by atoms with Gasteiger partial charge in [0.25, 0.3) is 0 Å². The minimum Gasteiger partial charge on any atom is -0.497 e. The van der Waals surface area contributed by atoms with Crippen molar-refractivity contribution in [2.45, 2.75) is 13.0 Å². The Kier molecular flexibility index (Phi) is 5.54. The van der Waals surface area contributed by atoms with E-state index in [1.54, 1.807) is 7.11 Å². The van der Waals surface area contributed by atoms with Crippen LogP contribution >= 0.6 is 0 Å². The van der Waals surface area contributed by atoms with Crippen molar-refractivity contribution in [2.24, 2.45) is 0 Å². The van der Waals surface area contributed by atoms with Crippen LogP contribution in [0.5, 0.6) is 5.75 Å². The molecule has 0 aliphatic carbocycles. The third-order valence-corrected chi connectivity index (χ3v) is 3.44. The summed E-state index contributed by atoms with van der Waals surface area (Å²) < 4.78 is 5.15. The van der Waals surface area contributed by atoms with Crippen molar-refractivity contribution in [1.82, 2.24) is 4.90 Å². The number of ether oxygens (including phenoxy) is 1. The minimum absolute atomic E-state index is 0.568. The van der Waals surface area contributed by atoms with Crippen LogP contribution < -0.4 is 4.74 Å². The average Bonchev–Trinajstić information content (AvgIpc) is 2.53. The number of benzene rings is 2. The number of hydrogen-bond acceptors (Lipinski definition) is 3. The third kappa shape index (κ3) is 4.32. The molecule has 0 N–H and O–H groups in total. The lowest BCUT2D eigenvalue weighted by molar-refractivity contribution is 0.402. The predicted octanol–water partition coefficient (Wildman–Crippen LogP) is 3.21. The Balaban J connectivity index is 2.19. The van der Waals surface area contributed by atoms with E-state index in [9.17, 15) is 4.79 Å². The van der Waals surface area contributed by atoms with E-state index < -0.39 is 0 Å². The number of carbonyl (C=O) groups excluding carboxylic acids is 1. The van der Waals surface area contributed by atoms with Crippen LogP contribution in [0.2, 0.25) is 0 Å². The maximum absolute atomic E-state index is 11.4. The van der Waals surface area contributed by atoms with E-state index in [1.165, 1.54) is 5.56 Å². The van der Waals surface area contributed by atoms with Gasteiger partial charge in [0.15, 0.2) is 0 Å². The van der Waals surface area contributed by atoms with E-state index >= 15 is 0 Å². The molecule has 22 heavy (non-hydrogen) atoms. The highest BCUT2D eigenvalue weighted by molar-refractivity contribution is 5.88. The fraction of sp³-hybridized carbons (Fsp3) is 0.263. The minimum atomic E-state index is 0.568. The molecule has 0 spiro atoms. The zero-order valence-electron chi connectivity index (χ0n) is 13.3. The molecule has 2 aromatic carbocycles. The van der Waals surface area contributed by atoms with Gasteiger partial charge in [-0.3, -0.25) is 0 Å². The van der Waals surface area contributed by atoms with Crippen LogP contribution in [-0.4, -0.2) is 32.0 Å². The molecule has 0 aliphatic rings. The summed E-state index contributed by atoms with van der Waals surface area (Å²) in [4.78, 5) is 13.5. The second-order valence-corrected chi connectivity index (χ2v) is 5.54. The zero-order valence-corrected chi connectivity index (χ0v) is 13.3. The lowest BCUT2D eigenvalue weighted by Crippen LogP contribution is -2.10. The maximum Gasteiger partial charge on any atom is 0.128 e. The fourth-order valence-electron chi connectivity index (χ4n) is 2.37. The number of allylic oxidation sites excluding steroid dienone is 1. The molecular formula is C19H21NO2. The Morgan fingerprint density at radius 3 is 2.41 bits per heavy atom. The molecule has 2 rings (SSSR count). The van der Waals surface area contributed by atoms with Crippen molar-refractivity contribution >= 4 is 11.5 Å². The molecule has 0 heterocycles. The Morgan fingerprint density at radius 2 is 1.82 bits per heavy atom. The van der Waals surface area contributed by atoms with Gasteiger partial charge in [-0.15, -0.1) is 0 Å². The second kappa shape index (κ2) is 7.60. The van der Waals surface area contributed by atoms with Crippen molar-refractivity contribution in [1.29, 1.82) is 0 Å². The molecule has 3 nitrogen and oxygen atoms in total. The van der Waals surface area contributed by atoms with Crippen LogP contribution in [-0.2, 0) is 17.8 Å². The van der Waals surface area contributed by atoms with Gasteiger partial charge in [0.1, 0.15) is 11.7 Å². The molecule has 0 unspecified atom stereocenters. The molecule has 0 saturated carbocycles. The summed E-state index contributed by atoms with van der Waals surface area (Å²) in [7, 11) is 5.70. The SMILES string of the molecule is COc1ccc(CC(=C=O)c2cccc(CN(C)C)c2)cc1. The van der Waals surface area contributed by atoms with E-state index in [-0.39, 0.29) is 0 Å². The summed E-state index contributed by atoms with van der Waals surface area (Å²) in [6.45, 7) is 0.850. The molecule has 0 amide bonds. The summed E-state index contributed by atoms with van der Waals surface area (Å²) in [6.07, 6.45) is 0.568. The van der Waals surface area contributed by atoms with Crippen LogP contribution in [0, 0.1) is 0 Å². The number of hydrogen-bond donors (Lipinski definition) is 0. The molecule has 0 fully saturated rings. The molecule has 3 heteroatoms. The van der Waals surface area contributed by atoms with Crippen molar-refractivity contribution in [3.63, 3.8) is 0 Å². The van der Waals surface area contributed by atoms with Gasteiger partial charge < -0.3 is 9.64 Å². The van der Waals surface area contributed by atoms with Gasteiger partial charge in [-0.05, 0) is 49.0 Å². The van der Waals surface area contributed by atoms with Crippen molar-refractivity contribution in [3.05, 3.63) is 65.2 Å². The standard InChI is InChI=1S/C19H21NO2/c1-20(2)13-16-5-4-6-17(12-16)18(14-21)11-15-7-9-19(22-3)10-8-15/h4-10,12H,11,13H2,1-3H3. The summed E-state index contributed by atoms with van der Waals surface area (Å²) in [6, 6.07) is 15.8. The van der Waals surface area contributed by atoms with Crippen LogP contribution in [0.25, 0.3) is 5.57 Å². The van der Waals surface area contributed by atoms with Crippen LogP contribution in [0.1, 0.15) is 16.7 Å². The van der Waals surface area contributed by atoms with Gasteiger partial charge >= 0.3 is 0 Å². The van der Waals surface area contributed by atoms with Crippen LogP contribution in [0.4, 0.5) is 0 Å². The topological polar surface area (TPSA) is 29.5 Å². The highest BCUT2D eigenvalue weighted by Gasteiger charge is 2.06. The van der Waals surface area contributed by atoms with Gasteiger partial charge in [0.05, 0.1) is 7.11 Å². The fourth-order valence-corrected chi connectivity index (χ4v) is 2.37. The van der Waals surface area contributed by atoms with E-state index in [1.807, 2.05) is 50.5 Å². The van der Waals surface area contributed by atoms with Crippen molar-refractivity contribution in [3.8, 4) is 5.75 Å². The smallest absolute Gasteiger partial charge is 0.128 e. The average molecular weight is 295 g/mol. The Labute approximate surface area is 131 Å². The lowest BCUT2D eigenvalue weighted by Gasteiger charge is -2.11. The predicted molar refractivity (Wildman–Crippen MR) is 89.6 cm³/mol. The molecule has 0 radical (unpaired) electrons. The summed E-state index contributed by atoms with van der Waals surface area (Å²) in [5.74, 6) is 2.91. The summed E-state index contributed by atoms with van der Waals surface area (Å²) >= 11 is 0. The van der Waals surface area contributed by atoms with Crippen LogP contribution in [0.15, 0.2) is 48.5 Å². The molecule has 114 valence electrons. The zero-order chi connectivity index (χ0) is 15.9.